The van der Waals surface area contributed by atoms with E-state index >= 15 is 0 Å². The van der Waals surface area contributed by atoms with Crippen LogP contribution in [0, 0.1) is 5.92 Å². The van der Waals surface area contributed by atoms with E-state index in [0.29, 0.717) is 5.92 Å². The van der Waals surface area contributed by atoms with Gasteiger partial charge in [0.25, 0.3) is 0 Å². The van der Waals surface area contributed by atoms with Crippen molar-refractivity contribution in [1.82, 2.24) is 0 Å². The molecule has 0 bridgehead atoms. The first-order chi connectivity index (χ1) is 9.45. The predicted octanol–water partition coefficient (Wildman–Crippen LogP) is 4.10. The summed E-state index contributed by atoms with van der Waals surface area (Å²) in [4.78, 5) is 0. The number of allylic oxidation sites excluding steroid dienone is 7. The van der Waals surface area contributed by atoms with Crippen molar-refractivity contribution in [3.05, 3.63) is 48.1 Å². The Bertz CT molecular complexity index is 357. The van der Waals surface area contributed by atoms with Crippen molar-refractivity contribution < 1.29 is 4.74 Å². The van der Waals surface area contributed by atoms with E-state index in [0.717, 1.165) is 36.9 Å². The van der Waals surface area contributed by atoms with Crippen LogP contribution in [0.5, 0.6) is 0 Å². The first-order valence-electron chi connectivity index (χ1n) is 6.89. The van der Waals surface area contributed by atoms with Gasteiger partial charge < -0.3 is 4.74 Å². The lowest BCUT2D eigenvalue weighted by atomic mass is 10.2. The van der Waals surface area contributed by atoms with Crippen LogP contribution < -0.4 is 0 Å². The van der Waals surface area contributed by atoms with Crippen molar-refractivity contribution in [2.45, 2.75) is 6.42 Å². The zero-order valence-corrected chi connectivity index (χ0v) is 12.9. The fourth-order valence-corrected chi connectivity index (χ4v) is 3.68. The Morgan fingerprint density at radius 3 is 2.63 bits per heavy atom. The molecule has 0 heterocycles. The molecule has 1 nitrogen and oxygen atoms in total. The number of hydrogen-bond donors (Lipinski definition) is 0. The molecule has 0 saturated heterocycles. The maximum Gasteiger partial charge on any atom is 0.0557 e. The summed E-state index contributed by atoms with van der Waals surface area (Å²) in [5, 5.41) is 0. The molecular weight excluding hydrogens is 272 g/mol. The van der Waals surface area contributed by atoms with Gasteiger partial charge in [-0.25, -0.2) is 0 Å². The third-order valence-corrected chi connectivity index (χ3v) is 5.07. The van der Waals surface area contributed by atoms with E-state index in [1.54, 1.807) is 0 Å². The zero-order chi connectivity index (χ0) is 13.2. The van der Waals surface area contributed by atoms with Crippen LogP contribution >= 0.6 is 23.5 Å². The highest BCUT2D eigenvalue weighted by atomic mass is 32.2. The molecule has 0 saturated carbocycles. The van der Waals surface area contributed by atoms with Crippen molar-refractivity contribution in [3.8, 4) is 0 Å². The highest BCUT2D eigenvalue weighted by Crippen LogP contribution is 2.16. The molecule has 2 aliphatic carbocycles. The normalized spacial score (nSPS) is 17.6. The topological polar surface area (TPSA) is 9.23 Å². The molecule has 19 heavy (non-hydrogen) atoms. The van der Waals surface area contributed by atoms with Gasteiger partial charge in [0.2, 0.25) is 0 Å². The third kappa shape index (κ3) is 6.55. The van der Waals surface area contributed by atoms with Crippen LogP contribution in [0.15, 0.2) is 48.1 Å². The van der Waals surface area contributed by atoms with Gasteiger partial charge in [-0.15, -0.1) is 0 Å². The van der Waals surface area contributed by atoms with Crippen LogP contribution in [0.4, 0.5) is 0 Å². The molecule has 0 aromatic heterocycles. The Labute approximate surface area is 125 Å². The Balaban J connectivity index is 1.33. The van der Waals surface area contributed by atoms with E-state index in [9.17, 15) is 0 Å². The first-order valence-corrected chi connectivity index (χ1v) is 9.20. The highest BCUT2D eigenvalue weighted by Gasteiger charge is 2.03. The van der Waals surface area contributed by atoms with Crippen LogP contribution in [-0.2, 0) is 4.74 Å². The van der Waals surface area contributed by atoms with Crippen LogP contribution in [0.25, 0.3) is 0 Å². The molecule has 3 heteroatoms. The summed E-state index contributed by atoms with van der Waals surface area (Å²) in [5.41, 5.74) is 1.47. The second-order valence-electron chi connectivity index (χ2n) is 4.59. The Morgan fingerprint density at radius 1 is 1.11 bits per heavy atom. The van der Waals surface area contributed by atoms with Gasteiger partial charge in [-0.1, -0.05) is 42.5 Å². The quantitative estimate of drug-likeness (QED) is 0.561. The van der Waals surface area contributed by atoms with Crippen molar-refractivity contribution in [2.24, 2.45) is 5.92 Å². The summed E-state index contributed by atoms with van der Waals surface area (Å²) < 4.78 is 5.65. The molecule has 0 unspecified atom stereocenters. The smallest absolute Gasteiger partial charge is 0.0557 e. The third-order valence-electron chi connectivity index (χ3n) is 3.00. The second-order valence-corrected chi connectivity index (χ2v) is 6.85. The first kappa shape index (κ1) is 15.0. The molecule has 0 amide bonds. The van der Waals surface area contributed by atoms with Crippen LogP contribution in [0.1, 0.15) is 6.42 Å². The molecule has 0 aromatic carbocycles. The van der Waals surface area contributed by atoms with E-state index in [1.807, 2.05) is 23.5 Å². The number of thioether (sulfide) groups is 2. The number of hydrogen-bond acceptors (Lipinski definition) is 3. The van der Waals surface area contributed by atoms with Crippen LogP contribution in [-0.4, -0.2) is 36.2 Å². The van der Waals surface area contributed by atoms with Gasteiger partial charge in [-0.2, -0.15) is 23.5 Å². The minimum atomic E-state index is 0.647. The molecular formula is C16H22OS2. The average molecular weight is 294 g/mol. The maximum absolute atomic E-state index is 5.65. The minimum absolute atomic E-state index is 0.647. The van der Waals surface area contributed by atoms with E-state index < -0.39 is 0 Å². The molecule has 2 rings (SSSR count). The van der Waals surface area contributed by atoms with Gasteiger partial charge in [-0.3, -0.25) is 0 Å². The molecule has 104 valence electrons. The lowest BCUT2D eigenvalue weighted by Crippen LogP contribution is -2.03. The SMILES string of the molecule is C1=CC(CSCCOCCSCC2=CCC=C2)C=C1. The highest BCUT2D eigenvalue weighted by molar-refractivity contribution is 7.99. The summed E-state index contributed by atoms with van der Waals surface area (Å²) in [7, 11) is 0. The van der Waals surface area contributed by atoms with E-state index in [4.69, 9.17) is 4.74 Å². The summed E-state index contributed by atoms with van der Waals surface area (Å²) in [6.45, 7) is 1.76. The summed E-state index contributed by atoms with van der Waals surface area (Å²) in [6, 6.07) is 0. The molecule has 0 N–H and O–H groups in total. The lowest BCUT2D eigenvalue weighted by Gasteiger charge is -2.06. The Kier molecular flexibility index (Phi) is 7.52. The lowest BCUT2D eigenvalue weighted by molar-refractivity contribution is 0.167. The zero-order valence-electron chi connectivity index (χ0n) is 11.3. The van der Waals surface area contributed by atoms with Crippen LogP contribution in [0.2, 0.25) is 0 Å². The van der Waals surface area contributed by atoms with Gasteiger partial charge in [0.05, 0.1) is 13.2 Å². The molecule has 0 radical (unpaired) electrons. The maximum atomic E-state index is 5.65. The fourth-order valence-electron chi connectivity index (χ4n) is 1.95. The van der Waals surface area contributed by atoms with Crippen molar-refractivity contribution >= 4 is 23.5 Å². The van der Waals surface area contributed by atoms with Crippen molar-refractivity contribution in [2.75, 3.05) is 36.2 Å². The summed E-state index contributed by atoms with van der Waals surface area (Å²) in [6.07, 6.45) is 16.7. The average Bonchev–Trinajstić information content (AvgIpc) is 3.10. The number of ether oxygens (including phenoxy) is 1. The Morgan fingerprint density at radius 2 is 1.89 bits per heavy atom. The van der Waals surface area contributed by atoms with Crippen LogP contribution in [0.3, 0.4) is 0 Å². The van der Waals surface area contributed by atoms with E-state index in [2.05, 4.69) is 42.5 Å². The van der Waals surface area contributed by atoms with E-state index in [-0.39, 0.29) is 0 Å². The summed E-state index contributed by atoms with van der Waals surface area (Å²) in [5.74, 6) is 5.18. The van der Waals surface area contributed by atoms with Gasteiger partial charge in [0.1, 0.15) is 0 Å². The van der Waals surface area contributed by atoms with Crippen molar-refractivity contribution in [1.29, 1.82) is 0 Å². The molecule has 2 aliphatic rings. The van der Waals surface area contributed by atoms with Gasteiger partial charge >= 0.3 is 0 Å². The minimum Gasteiger partial charge on any atom is -0.380 e. The molecule has 0 atom stereocenters. The summed E-state index contributed by atoms with van der Waals surface area (Å²) >= 11 is 3.95. The van der Waals surface area contributed by atoms with Gasteiger partial charge in [0.15, 0.2) is 0 Å². The predicted molar refractivity (Wildman–Crippen MR) is 89.1 cm³/mol. The fraction of sp³-hybridized carbons (Fsp3) is 0.500. The largest absolute Gasteiger partial charge is 0.380 e. The molecule has 0 fully saturated rings. The molecule has 0 aromatic rings. The van der Waals surface area contributed by atoms with E-state index in [1.165, 1.54) is 11.3 Å². The van der Waals surface area contributed by atoms with Crippen molar-refractivity contribution in [3.63, 3.8) is 0 Å². The van der Waals surface area contributed by atoms with Gasteiger partial charge in [-0.05, 0) is 12.0 Å². The molecule has 0 aliphatic heterocycles. The standard InChI is InChI=1S/C16H22OS2/c1-2-6-15(5-1)13-18-11-9-17-10-12-19-14-16-7-3-4-8-16/h1-3,5-8,15H,4,9-14H2. The Hall–Kier alpha value is -0.380. The monoisotopic (exact) mass is 294 g/mol. The number of rotatable bonds is 10. The second kappa shape index (κ2) is 9.51. The van der Waals surface area contributed by atoms with Gasteiger partial charge in [0, 0.05) is 28.9 Å². The molecule has 0 spiro atoms.